The monoisotopic (exact) mass is 929 g/mol. The summed E-state index contributed by atoms with van der Waals surface area (Å²) in [6, 6.07) is 20.3. The summed E-state index contributed by atoms with van der Waals surface area (Å²) in [7, 11) is 3.73. The number of rotatable bonds is 18. The Hall–Kier alpha value is -5.72. The molecule has 5 heterocycles. The predicted molar refractivity (Wildman–Crippen MR) is 245 cm³/mol. The number of alkyl halides is 2. The summed E-state index contributed by atoms with van der Waals surface area (Å²) in [6.07, 6.45) is 2.27. The van der Waals surface area contributed by atoms with Crippen LogP contribution in [0.2, 0.25) is 5.02 Å². The van der Waals surface area contributed by atoms with Gasteiger partial charge in [-0.2, -0.15) is 13.2 Å². The highest BCUT2D eigenvalue weighted by molar-refractivity contribution is 7.13. The zero-order valence-corrected chi connectivity index (χ0v) is 37.9. The third-order valence-corrected chi connectivity index (χ3v) is 12.9. The number of methoxy groups -OCH3 is 1. The normalized spacial score (nSPS) is 15.6. The van der Waals surface area contributed by atoms with E-state index in [0.717, 1.165) is 60.9 Å². The van der Waals surface area contributed by atoms with E-state index in [9.17, 15) is 18.7 Å². The van der Waals surface area contributed by atoms with Gasteiger partial charge in [0.25, 0.3) is 0 Å². The molecule has 2 aliphatic heterocycles. The lowest BCUT2D eigenvalue weighted by Crippen LogP contribution is -2.45. The van der Waals surface area contributed by atoms with Crippen LogP contribution in [0.15, 0.2) is 79.1 Å². The molecule has 3 aromatic heterocycles. The summed E-state index contributed by atoms with van der Waals surface area (Å²) in [5.74, 6) is 1.08. The van der Waals surface area contributed by atoms with E-state index in [0.29, 0.717) is 93.4 Å². The second kappa shape index (κ2) is 21.1. The molecule has 342 valence electrons. The summed E-state index contributed by atoms with van der Waals surface area (Å²) >= 11 is 8.26. The van der Waals surface area contributed by atoms with Crippen molar-refractivity contribution in [1.82, 2.24) is 29.1 Å². The molecule has 0 radical (unpaired) electrons. The fourth-order valence-corrected chi connectivity index (χ4v) is 8.99. The van der Waals surface area contributed by atoms with Gasteiger partial charge in [-0.1, -0.05) is 48.0 Å². The highest BCUT2D eigenvalue weighted by Gasteiger charge is 2.29. The van der Waals surface area contributed by atoms with Crippen LogP contribution in [-0.2, 0) is 22.6 Å². The molecule has 0 unspecified atom stereocenters. The number of piperazine rings is 1. The smallest absolute Gasteiger partial charge is 0.345 e. The Balaban J connectivity index is 1.05. The number of ether oxygens (including phenoxy) is 5. The van der Waals surface area contributed by atoms with E-state index in [4.69, 9.17) is 40.3 Å². The number of pyridine rings is 1. The first-order valence-electron chi connectivity index (χ1n) is 21.4. The van der Waals surface area contributed by atoms with Gasteiger partial charge in [-0.05, 0) is 85.4 Å². The molecule has 1 N–H and O–H groups in total. The molecular formula is C47H50ClF2N7O7S. The summed E-state index contributed by atoms with van der Waals surface area (Å²) < 4.78 is 60.0. The minimum absolute atomic E-state index is 0.0522. The molecule has 8 rings (SSSR count). The molecule has 1 atom stereocenters. The molecule has 6 aromatic rings. The minimum Gasteiger partial charge on any atom is -0.497 e. The highest BCUT2D eigenvalue weighted by atomic mass is 35.5. The molecule has 2 aliphatic rings. The topological polar surface area (TPSA) is 145 Å². The van der Waals surface area contributed by atoms with Crippen molar-refractivity contribution in [2.75, 3.05) is 71.5 Å². The van der Waals surface area contributed by atoms with E-state index in [-0.39, 0.29) is 18.9 Å². The number of nitrogens with zero attached hydrogens (tertiary/aromatic N) is 7. The Morgan fingerprint density at radius 1 is 0.969 bits per heavy atom. The molecule has 18 heteroatoms. The lowest BCUT2D eigenvalue weighted by atomic mass is 9.93. The van der Waals surface area contributed by atoms with Gasteiger partial charge in [0.1, 0.15) is 30.5 Å². The largest absolute Gasteiger partial charge is 0.497 e. The molecule has 0 bridgehead atoms. The molecule has 0 spiro atoms. The van der Waals surface area contributed by atoms with Gasteiger partial charge in [0.2, 0.25) is 17.9 Å². The van der Waals surface area contributed by atoms with E-state index in [1.165, 1.54) is 0 Å². The molecular weight excluding hydrogens is 880 g/mol. The van der Waals surface area contributed by atoms with Crippen molar-refractivity contribution in [3.8, 4) is 45.5 Å². The van der Waals surface area contributed by atoms with Gasteiger partial charge < -0.3 is 38.6 Å². The summed E-state index contributed by atoms with van der Waals surface area (Å²) in [5.41, 5.74) is 4.73. The Morgan fingerprint density at radius 2 is 1.77 bits per heavy atom. The number of carboxylic acids is 1. The van der Waals surface area contributed by atoms with Crippen molar-refractivity contribution >= 4 is 45.1 Å². The Kier molecular flexibility index (Phi) is 14.9. The van der Waals surface area contributed by atoms with Crippen molar-refractivity contribution in [2.24, 2.45) is 0 Å². The maximum Gasteiger partial charge on any atom is 0.345 e. The Bertz CT molecular complexity index is 2590. The molecule has 2 saturated heterocycles. The fraction of sp³-hybridized carbons (Fsp3) is 0.383. The maximum atomic E-state index is 13.0. The first-order chi connectivity index (χ1) is 31.5. The van der Waals surface area contributed by atoms with Crippen molar-refractivity contribution in [1.29, 1.82) is 0 Å². The molecule has 3 aromatic carbocycles. The summed E-state index contributed by atoms with van der Waals surface area (Å²) in [6.45, 7) is 5.41. The van der Waals surface area contributed by atoms with Crippen LogP contribution < -0.4 is 23.8 Å². The van der Waals surface area contributed by atoms with Gasteiger partial charge in [0.05, 0.1) is 39.7 Å². The zero-order valence-electron chi connectivity index (χ0n) is 36.3. The number of fused-ring (bicyclic) bond motifs is 1. The molecule has 0 aliphatic carbocycles. The van der Waals surface area contributed by atoms with Crippen LogP contribution in [0.4, 0.5) is 14.7 Å². The fourth-order valence-electron chi connectivity index (χ4n) is 8.08. The minimum atomic E-state index is -2.80. The van der Waals surface area contributed by atoms with Gasteiger partial charge in [0, 0.05) is 75.8 Å². The quantitative estimate of drug-likeness (QED) is 0.0883. The Morgan fingerprint density at radius 3 is 2.54 bits per heavy atom. The van der Waals surface area contributed by atoms with Crippen LogP contribution in [0.5, 0.6) is 23.1 Å². The van der Waals surface area contributed by atoms with Crippen molar-refractivity contribution in [3.63, 3.8) is 0 Å². The third kappa shape index (κ3) is 11.0. The van der Waals surface area contributed by atoms with Gasteiger partial charge in [-0.3, -0.25) is 9.88 Å². The standard InChI is InChI=1S/C47H50ClF2N7O7S/c1-29-35(11-12-37(42(29)48)61-24-23-56-21-19-55(2)20-22-56)40-41-39(27-52-43(40)31-8-6-9-34(25-31)60-3)65-54-44(41)64-38(45(58)59)26-30-7-4-5-10-36(30)62-28-32-13-16-51-47(53-32)57-17-14-33(15-18-57)63-46(49)50/h4-13,16,25,27,33,38,46H,14-15,17-24,26,28H2,1-3H3,(H,58,59)/t38-/m1/s1. The van der Waals surface area contributed by atoms with E-state index >= 15 is 0 Å². The van der Waals surface area contributed by atoms with Gasteiger partial charge >= 0.3 is 12.6 Å². The second-order valence-electron chi connectivity index (χ2n) is 16.0. The number of aromatic nitrogens is 4. The van der Waals surface area contributed by atoms with Gasteiger partial charge in [-0.25, -0.2) is 14.8 Å². The number of carbonyl (C=O) groups is 1. The van der Waals surface area contributed by atoms with Crippen LogP contribution in [0.3, 0.4) is 0 Å². The number of anilines is 1. The molecule has 65 heavy (non-hydrogen) atoms. The average Bonchev–Trinajstić information content (AvgIpc) is 3.73. The lowest BCUT2D eigenvalue weighted by molar-refractivity contribution is -0.166. The number of aliphatic carboxylic acids is 1. The van der Waals surface area contributed by atoms with Crippen molar-refractivity contribution in [2.45, 2.75) is 51.6 Å². The average molecular weight is 930 g/mol. The number of piperidine rings is 1. The second-order valence-corrected chi connectivity index (χ2v) is 17.1. The van der Waals surface area contributed by atoms with E-state index in [1.807, 2.05) is 48.2 Å². The SMILES string of the molecule is COc1cccc(-c2ncc3snc(O[C@H](Cc4ccccc4OCc4ccnc(N5CCC(OC(F)F)CC5)n4)C(=O)O)c3c2-c2ccc(OCCN3CCN(C)CC3)c(Cl)c2C)c1. The van der Waals surface area contributed by atoms with E-state index in [2.05, 4.69) is 31.2 Å². The summed E-state index contributed by atoms with van der Waals surface area (Å²) in [4.78, 5) is 33.7. The van der Waals surface area contributed by atoms with Crippen molar-refractivity contribution in [3.05, 3.63) is 101 Å². The molecule has 2 fully saturated rings. The number of benzene rings is 3. The van der Waals surface area contributed by atoms with Gasteiger partial charge in [0.15, 0.2) is 0 Å². The Labute approximate surface area is 384 Å². The molecule has 0 amide bonds. The van der Waals surface area contributed by atoms with E-state index in [1.54, 1.807) is 49.8 Å². The molecule has 14 nitrogen and oxygen atoms in total. The van der Waals surface area contributed by atoms with E-state index < -0.39 is 24.8 Å². The number of halogens is 3. The summed E-state index contributed by atoms with van der Waals surface area (Å²) in [5, 5.41) is 11.7. The van der Waals surface area contributed by atoms with Crippen LogP contribution in [0, 0.1) is 6.92 Å². The zero-order chi connectivity index (χ0) is 45.5. The lowest BCUT2D eigenvalue weighted by Gasteiger charge is -2.32. The first kappa shape index (κ1) is 45.8. The van der Waals surface area contributed by atoms with Crippen LogP contribution in [0.25, 0.3) is 32.5 Å². The van der Waals surface area contributed by atoms with Gasteiger partial charge in [-0.15, -0.1) is 0 Å². The number of para-hydroxylation sites is 1. The number of hydrogen-bond donors (Lipinski definition) is 1. The van der Waals surface area contributed by atoms with Crippen molar-refractivity contribution < 1.29 is 42.4 Å². The van der Waals surface area contributed by atoms with Crippen LogP contribution in [0.1, 0.15) is 29.7 Å². The first-order valence-corrected chi connectivity index (χ1v) is 22.6. The number of hydrogen-bond acceptors (Lipinski definition) is 14. The third-order valence-electron chi connectivity index (χ3n) is 11.7. The number of carboxylic acid groups (broad SMARTS) is 1. The molecule has 0 saturated carbocycles. The predicted octanol–water partition coefficient (Wildman–Crippen LogP) is 8.27. The van der Waals surface area contributed by atoms with Crippen LogP contribution >= 0.6 is 23.1 Å². The maximum absolute atomic E-state index is 13.0. The van der Waals surface area contributed by atoms with Crippen LogP contribution in [-0.4, -0.2) is 126 Å². The number of likely N-dealkylation sites (N-methyl/N-ethyl adjacent to an activating group) is 1. The highest BCUT2D eigenvalue weighted by Crippen LogP contribution is 2.46.